The molecule has 0 atom stereocenters. The highest BCUT2D eigenvalue weighted by molar-refractivity contribution is 5.41. The molecule has 60 valence electrons. The van der Waals surface area contributed by atoms with E-state index in [0.717, 1.165) is 0 Å². The highest BCUT2D eigenvalue weighted by Gasteiger charge is 2.02. The summed E-state index contributed by atoms with van der Waals surface area (Å²) in [4.78, 5) is 3.63. The van der Waals surface area contributed by atoms with Crippen molar-refractivity contribution in [1.82, 2.24) is 4.98 Å². The number of ether oxygens (including phenoxy) is 1. The highest BCUT2D eigenvalue weighted by atomic mass is 19.1. The van der Waals surface area contributed by atoms with Crippen molar-refractivity contribution >= 4 is 5.69 Å². The third-order valence-electron chi connectivity index (χ3n) is 1.17. The quantitative estimate of drug-likeness (QED) is 0.485. The zero-order valence-corrected chi connectivity index (χ0v) is 5.97. The lowest BCUT2D eigenvalue weighted by Gasteiger charge is -2.02. The van der Waals surface area contributed by atoms with Gasteiger partial charge in [-0.05, 0) is 0 Å². The van der Waals surface area contributed by atoms with E-state index in [-0.39, 0.29) is 5.88 Å². The Hall–Kier alpha value is -1.36. The molecule has 0 saturated heterocycles. The first-order valence-corrected chi connectivity index (χ1v) is 2.94. The highest BCUT2D eigenvalue weighted by Crippen LogP contribution is 2.15. The number of aromatic nitrogens is 1. The van der Waals surface area contributed by atoms with Gasteiger partial charge in [0.25, 0.3) is 0 Å². The van der Waals surface area contributed by atoms with Gasteiger partial charge in [0.2, 0.25) is 5.88 Å². The minimum Gasteiger partial charge on any atom is -0.479 e. The van der Waals surface area contributed by atoms with Crippen molar-refractivity contribution in [3.63, 3.8) is 0 Å². The lowest BCUT2D eigenvalue weighted by Crippen LogP contribution is -2.07. The van der Waals surface area contributed by atoms with E-state index in [1.165, 1.54) is 19.4 Å². The molecule has 1 rings (SSSR count). The third-order valence-corrected chi connectivity index (χ3v) is 1.17. The zero-order chi connectivity index (χ0) is 8.27. The van der Waals surface area contributed by atoms with Crippen LogP contribution in [0.3, 0.4) is 0 Å². The molecule has 0 aliphatic carbocycles. The van der Waals surface area contributed by atoms with Crippen LogP contribution in [0.25, 0.3) is 0 Å². The number of anilines is 1. The maximum atomic E-state index is 12.8. The lowest BCUT2D eigenvalue weighted by atomic mass is 10.4. The zero-order valence-electron chi connectivity index (χ0n) is 5.97. The van der Waals surface area contributed by atoms with E-state index >= 15 is 0 Å². The second kappa shape index (κ2) is 3.16. The number of hydrogen-bond donors (Lipinski definition) is 2. The van der Waals surface area contributed by atoms with Crippen molar-refractivity contribution in [1.29, 1.82) is 0 Å². The van der Waals surface area contributed by atoms with Gasteiger partial charge in [-0.15, -0.1) is 0 Å². The minimum absolute atomic E-state index is 0.0380. The van der Waals surface area contributed by atoms with Gasteiger partial charge in [-0.1, -0.05) is 0 Å². The maximum absolute atomic E-state index is 12.8. The minimum atomic E-state index is -0.539. The number of methoxy groups -OCH3 is 1. The number of rotatable bonds is 2. The van der Waals surface area contributed by atoms with Crippen molar-refractivity contribution in [2.45, 2.75) is 0 Å². The topological polar surface area (TPSA) is 60.2 Å². The normalized spacial score (nSPS) is 9.36. The van der Waals surface area contributed by atoms with Gasteiger partial charge in [0.1, 0.15) is 0 Å². The number of nitrogens with two attached hydrogens (primary N) is 1. The van der Waals surface area contributed by atoms with Gasteiger partial charge in [-0.25, -0.2) is 9.37 Å². The van der Waals surface area contributed by atoms with Gasteiger partial charge in [-0.3, -0.25) is 5.84 Å². The number of pyridine rings is 1. The Kier molecular flexibility index (Phi) is 2.22. The molecule has 0 fully saturated rings. The molecule has 1 heterocycles. The number of halogens is 1. The largest absolute Gasteiger partial charge is 0.479 e. The molecule has 3 N–H and O–H groups in total. The average molecular weight is 157 g/mol. The van der Waals surface area contributed by atoms with Crippen LogP contribution in [0.1, 0.15) is 0 Å². The van der Waals surface area contributed by atoms with Crippen molar-refractivity contribution < 1.29 is 9.13 Å². The molecule has 0 aliphatic heterocycles. The standard InChI is InChI=1S/C6H8FN3O/c1-11-6-5(7)2-4(10-8)3-9-6/h2-3,10H,8H2,1H3. The molecule has 1 aromatic rings. The molecule has 0 unspecified atom stereocenters. The SMILES string of the molecule is COc1ncc(NN)cc1F. The molecule has 1 aromatic heterocycles. The molecule has 0 aliphatic rings. The summed E-state index contributed by atoms with van der Waals surface area (Å²) in [6.45, 7) is 0. The molecule has 5 heteroatoms. The van der Waals surface area contributed by atoms with Crippen LogP contribution in [0, 0.1) is 5.82 Å². The Morgan fingerprint density at radius 3 is 2.91 bits per heavy atom. The molecule has 0 bridgehead atoms. The number of hydrazine groups is 1. The smallest absolute Gasteiger partial charge is 0.250 e. The van der Waals surface area contributed by atoms with E-state index in [2.05, 4.69) is 15.1 Å². The Labute approximate surface area is 63.2 Å². The van der Waals surface area contributed by atoms with Crippen LogP contribution in [0.4, 0.5) is 10.1 Å². The first-order valence-electron chi connectivity index (χ1n) is 2.94. The number of nitrogens with zero attached hydrogens (tertiary/aromatic N) is 1. The van der Waals surface area contributed by atoms with E-state index in [4.69, 9.17) is 5.84 Å². The molecular weight excluding hydrogens is 149 g/mol. The van der Waals surface area contributed by atoms with Gasteiger partial charge < -0.3 is 10.2 Å². The lowest BCUT2D eigenvalue weighted by molar-refractivity contribution is 0.369. The first-order chi connectivity index (χ1) is 5.27. The molecule has 0 saturated carbocycles. The predicted molar refractivity (Wildman–Crippen MR) is 38.6 cm³/mol. The van der Waals surface area contributed by atoms with Gasteiger partial charge >= 0.3 is 0 Å². The Morgan fingerprint density at radius 2 is 2.45 bits per heavy atom. The summed E-state index contributed by atoms with van der Waals surface area (Å²) in [6, 6.07) is 1.20. The molecule has 0 radical (unpaired) electrons. The summed E-state index contributed by atoms with van der Waals surface area (Å²) < 4.78 is 17.3. The fourth-order valence-electron chi connectivity index (χ4n) is 0.655. The second-order valence-electron chi connectivity index (χ2n) is 1.86. The van der Waals surface area contributed by atoms with Crippen LogP contribution >= 0.6 is 0 Å². The summed E-state index contributed by atoms with van der Waals surface area (Å²) in [5, 5.41) is 0. The molecule has 0 aromatic carbocycles. The number of nitrogens with one attached hydrogen (secondary N) is 1. The predicted octanol–water partition coefficient (Wildman–Crippen LogP) is 0.515. The summed E-state index contributed by atoms with van der Waals surface area (Å²) in [5.41, 5.74) is 2.67. The van der Waals surface area contributed by atoms with Crippen molar-refractivity contribution in [3.05, 3.63) is 18.1 Å². The molecule has 4 nitrogen and oxygen atoms in total. The fourth-order valence-corrected chi connectivity index (χ4v) is 0.655. The molecule has 0 amide bonds. The molecule has 0 spiro atoms. The summed E-state index contributed by atoms with van der Waals surface area (Å²) >= 11 is 0. The van der Waals surface area contributed by atoms with E-state index in [0.29, 0.717) is 5.69 Å². The van der Waals surface area contributed by atoms with Crippen molar-refractivity contribution in [3.8, 4) is 5.88 Å². The van der Waals surface area contributed by atoms with Gasteiger partial charge in [0, 0.05) is 6.07 Å². The van der Waals surface area contributed by atoms with Crippen LogP contribution in [0.5, 0.6) is 5.88 Å². The van der Waals surface area contributed by atoms with E-state index in [9.17, 15) is 4.39 Å². The van der Waals surface area contributed by atoms with Crippen LogP contribution in [0.2, 0.25) is 0 Å². The number of hydrogen-bond acceptors (Lipinski definition) is 4. The maximum Gasteiger partial charge on any atom is 0.250 e. The summed E-state index contributed by atoms with van der Waals surface area (Å²) in [5.74, 6) is 4.44. The third kappa shape index (κ3) is 1.56. The van der Waals surface area contributed by atoms with Gasteiger partial charge in [-0.2, -0.15) is 0 Å². The van der Waals surface area contributed by atoms with Crippen LogP contribution in [-0.2, 0) is 0 Å². The van der Waals surface area contributed by atoms with E-state index < -0.39 is 5.82 Å². The average Bonchev–Trinajstić information content (AvgIpc) is 2.04. The monoisotopic (exact) mass is 157 g/mol. The molecule has 11 heavy (non-hydrogen) atoms. The van der Waals surface area contributed by atoms with E-state index in [1.54, 1.807) is 0 Å². The second-order valence-corrected chi connectivity index (χ2v) is 1.86. The summed E-state index contributed by atoms with van der Waals surface area (Å²) in [7, 11) is 1.35. The Bertz CT molecular complexity index is 254. The van der Waals surface area contributed by atoms with Crippen LogP contribution < -0.4 is 16.0 Å². The van der Waals surface area contributed by atoms with Gasteiger partial charge in [0.05, 0.1) is 19.0 Å². The first kappa shape index (κ1) is 7.74. The van der Waals surface area contributed by atoms with Crippen molar-refractivity contribution in [2.24, 2.45) is 5.84 Å². The van der Waals surface area contributed by atoms with Crippen molar-refractivity contribution in [2.75, 3.05) is 12.5 Å². The Balaban J connectivity index is 2.99. The van der Waals surface area contributed by atoms with E-state index in [1.807, 2.05) is 0 Å². The number of nitrogen functional groups attached to an aromatic ring is 1. The summed E-state index contributed by atoms with van der Waals surface area (Å²) in [6.07, 6.45) is 1.38. The van der Waals surface area contributed by atoms with Crippen LogP contribution in [0.15, 0.2) is 12.3 Å². The van der Waals surface area contributed by atoms with Gasteiger partial charge in [0.15, 0.2) is 5.82 Å². The fraction of sp³-hybridized carbons (Fsp3) is 0.167. The molecular formula is C6H8FN3O. The Morgan fingerprint density at radius 1 is 1.73 bits per heavy atom. The van der Waals surface area contributed by atoms with Crippen LogP contribution in [-0.4, -0.2) is 12.1 Å².